The number of ether oxygens (including phenoxy) is 2. The van der Waals surface area contributed by atoms with Crippen LogP contribution in [0.5, 0.6) is 5.75 Å². The number of esters is 1. The van der Waals surface area contributed by atoms with Crippen LogP contribution in [0.25, 0.3) is 0 Å². The Morgan fingerprint density at radius 2 is 1.90 bits per heavy atom. The first-order valence-corrected chi connectivity index (χ1v) is 9.07. The van der Waals surface area contributed by atoms with Crippen molar-refractivity contribution in [1.82, 2.24) is 10.6 Å². The van der Waals surface area contributed by atoms with E-state index in [1.54, 1.807) is 31.2 Å². The van der Waals surface area contributed by atoms with Crippen LogP contribution in [0.1, 0.15) is 18.5 Å². The molecule has 3 rings (SSSR count). The molecule has 152 valence electrons. The lowest BCUT2D eigenvalue weighted by Gasteiger charge is -2.29. The van der Waals surface area contributed by atoms with Crippen molar-refractivity contribution in [3.8, 4) is 5.75 Å². The van der Waals surface area contributed by atoms with E-state index in [1.165, 1.54) is 0 Å². The number of amides is 2. The summed E-state index contributed by atoms with van der Waals surface area (Å²) in [5, 5.41) is 5.65. The molecule has 0 spiro atoms. The molecule has 0 aliphatic carbocycles. The Morgan fingerprint density at radius 1 is 1.17 bits per heavy atom. The number of carbonyl (C=O) groups excluding carboxylic acids is 2. The second-order valence-corrected chi connectivity index (χ2v) is 6.50. The monoisotopic (exact) mass is 422 g/mol. The third-order valence-electron chi connectivity index (χ3n) is 4.12. The second-order valence-electron chi connectivity index (χ2n) is 6.06. The number of carbonyl (C=O) groups is 2. The molecule has 0 aromatic heterocycles. The van der Waals surface area contributed by atoms with Gasteiger partial charge in [-0.05, 0) is 36.8 Å². The average molecular weight is 423 g/mol. The predicted molar refractivity (Wildman–Crippen MR) is 101 cm³/mol. The van der Waals surface area contributed by atoms with Crippen LogP contribution < -0.4 is 15.4 Å². The van der Waals surface area contributed by atoms with Crippen molar-refractivity contribution < 1.29 is 27.8 Å². The molecule has 0 radical (unpaired) electrons. The lowest BCUT2D eigenvalue weighted by molar-refractivity contribution is -0.139. The van der Waals surface area contributed by atoms with E-state index in [1.807, 2.05) is 0 Å². The van der Waals surface area contributed by atoms with Gasteiger partial charge in [0.1, 0.15) is 12.4 Å². The maximum absolute atomic E-state index is 13.9. The molecule has 9 heteroatoms. The van der Waals surface area contributed by atoms with Crippen molar-refractivity contribution in [2.45, 2.75) is 13.0 Å². The zero-order chi connectivity index (χ0) is 21.0. The number of halogens is 3. The molecule has 0 bridgehead atoms. The Morgan fingerprint density at radius 3 is 2.55 bits per heavy atom. The quantitative estimate of drug-likeness (QED) is 0.693. The molecule has 2 aromatic carbocycles. The van der Waals surface area contributed by atoms with E-state index in [2.05, 4.69) is 10.6 Å². The summed E-state index contributed by atoms with van der Waals surface area (Å²) in [5.74, 6) is -2.55. The summed E-state index contributed by atoms with van der Waals surface area (Å²) in [4.78, 5) is 24.8. The highest BCUT2D eigenvalue weighted by Gasteiger charge is 2.34. The molecular weight excluding hydrogens is 406 g/mol. The molecule has 6 nitrogen and oxygen atoms in total. The number of rotatable bonds is 6. The van der Waals surface area contributed by atoms with Crippen molar-refractivity contribution in [3.63, 3.8) is 0 Å². The lowest BCUT2D eigenvalue weighted by Crippen LogP contribution is -2.47. The van der Waals surface area contributed by atoms with Gasteiger partial charge in [0.25, 0.3) is 0 Å². The van der Waals surface area contributed by atoms with Crippen LogP contribution in [0.15, 0.2) is 53.7 Å². The van der Waals surface area contributed by atoms with Crippen LogP contribution in [-0.2, 0) is 9.53 Å². The fourth-order valence-electron chi connectivity index (χ4n) is 2.83. The second kappa shape index (κ2) is 8.91. The Hall–Kier alpha value is -3.13. The molecule has 29 heavy (non-hydrogen) atoms. The number of nitrogens with one attached hydrogen (secondary N) is 2. The van der Waals surface area contributed by atoms with Gasteiger partial charge in [0.2, 0.25) is 0 Å². The van der Waals surface area contributed by atoms with Gasteiger partial charge in [0.05, 0.1) is 23.9 Å². The molecule has 0 fully saturated rings. The van der Waals surface area contributed by atoms with Crippen molar-refractivity contribution in [2.24, 2.45) is 0 Å². The Labute approximate surface area is 170 Å². The molecule has 1 aliphatic rings. The van der Waals surface area contributed by atoms with Crippen LogP contribution in [0.3, 0.4) is 0 Å². The minimum Gasteiger partial charge on any atom is -0.484 e. The Bertz CT molecular complexity index is 963. The fraction of sp³-hybridized carbons (Fsp3) is 0.200. The molecule has 2 N–H and O–H groups in total. The maximum Gasteiger partial charge on any atom is 0.338 e. The van der Waals surface area contributed by atoms with Gasteiger partial charge in [-0.2, -0.15) is 0 Å². The van der Waals surface area contributed by atoms with E-state index in [4.69, 9.17) is 21.1 Å². The highest BCUT2D eigenvalue weighted by molar-refractivity contribution is 6.30. The normalized spacial score (nSPS) is 16.1. The molecule has 1 aliphatic heterocycles. The first kappa shape index (κ1) is 20.6. The van der Waals surface area contributed by atoms with E-state index in [-0.39, 0.29) is 30.2 Å². The van der Waals surface area contributed by atoms with Gasteiger partial charge in [-0.25, -0.2) is 18.4 Å². The van der Waals surface area contributed by atoms with Crippen molar-refractivity contribution in [3.05, 3.63) is 76.0 Å². The lowest BCUT2D eigenvalue weighted by atomic mass is 9.95. The Balaban J connectivity index is 1.97. The number of hydrogen-bond acceptors (Lipinski definition) is 4. The summed E-state index contributed by atoms with van der Waals surface area (Å²) in [7, 11) is 0. The molecule has 2 amide bonds. The molecule has 2 aromatic rings. The van der Waals surface area contributed by atoms with Crippen LogP contribution in [0, 0.1) is 11.6 Å². The zero-order valence-electron chi connectivity index (χ0n) is 15.3. The van der Waals surface area contributed by atoms with Gasteiger partial charge in [-0.1, -0.05) is 23.7 Å². The van der Waals surface area contributed by atoms with Crippen molar-refractivity contribution >= 4 is 23.6 Å². The minimum absolute atomic E-state index is 0.107. The molecule has 1 atom stereocenters. The first-order valence-electron chi connectivity index (χ1n) is 8.70. The van der Waals surface area contributed by atoms with Crippen LogP contribution in [0.4, 0.5) is 13.6 Å². The van der Waals surface area contributed by atoms with Gasteiger partial charge >= 0.3 is 12.0 Å². The number of benzene rings is 2. The highest BCUT2D eigenvalue weighted by atomic mass is 35.5. The van der Waals surface area contributed by atoms with Crippen LogP contribution in [0.2, 0.25) is 5.02 Å². The third-order valence-corrected chi connectivity index (χ3v) is 4.37. The van der Waals surface area contributed by atoms with Gasteiger partial charge in [0.15, 0.2) is 11.6 Å². The molecule has 1 unspecified atom stereocenters. The maximum atomic E-state index is 13.9. The van der Waals surface area contributed by atoms with Gasteiger partial charge in [0, 0.05) is 11.1 Å². The smallest absolute Gasteiger partial charge is 0.338 e. The standard InChI is InChI=1S/C20H17ClF2N2O4/c1-2-28-19(26)17-15(10-29-16-8-7-13(22)9-14(16)23)24-20(27)25-18(17)11-3-5-12(21)6-4-11/h3-9,18H,2,10H2,1H3,(H2,24,25,27). The number of hydrogen-bond donors (Lipinski definition) is 2. The van der Waals surface area contributed by atoms with Gasteiger partial charge in [-0.3, -0.25) is 0 Å². The summed E-state index contributed by atoms with van der Waals surface area (Å²) in [6.07, 6.45) is 0. The van der Waals surface area contributed by atoms with Crippen LogP contribution in [-0.4, -0.2) is 25.2 Å². The number of urea groups is 1. The average Bonchev–Trinajstić information content (AvgIpc) is 2.67. The fourth-order valence-corrected chi connectivity index (χ4v) is 2.96. The molecule has 1 heterocycles. The summed E-state index contributed by atoms with van der Waals surface area (Å²) < 4.78 is 37.4. The minimum atomic E-state index is -0.905. The van der Waals surface area contributed by atoms with E-state index < -0.39 is 29.7 Å². The molecule has 0 saturated heterocycles. The van der Waals surface area contributed by atoms with E-state index in [0.717, 1.165) is 12.1 Å². The molecular formula is C20H17ClF2N2O4. The van der Waals surface area contributed by atoms with Gasteiger partial charge in [-0.15, -0.1) is 0 Å². The van der Waals surface area contributed by atoms with Gasteiger partial charge < -0.3 is 20.1 Å². The van der Waals surface area contributed by atoms with E-state index in [0.29, 0.717) is 16.7 Å². The molecule has 0 saturated carbocycles. The van der Waals surface area contributed by atoms with E-state index >= 15 is 0 Å². The summed E-state index contributed by atoms with van der Waals surface area (Å²) in [5.41, 5.74) is 0.810. The predicted octanol–water partition coefficient (Wildman–Crippen LogP) is 3.87. The summed E-state index contributed by atoms with van der Waals surface area (Å²) in [6.45, 7) is 1.42. The van der Waals surface area contributed by atoms with Crippen molar-refractivity contribution in [2.75, 3.05) is 13.2 Å². The largest absolute Gasteiger partial charge is 0.484 e. The van der Waals surface area contributed by atoms with Crippen molar-refractivity contribution in [1.29, 1.82) is 0 Å². The topological polar surface area (TPSA) is 76.7 Å². The van der Waals surface area contributed by atoms with Crippen LogP contribution >= 0.6 is 11.6 Å². The SMILES string of the molecule is CCOC(=O)C1=C(COc2ccc(F)cc2F)NC(=O)NC1c1ccc(Cl)cc1. The Kier molecular flexibility index (Phi) is 6.33. The first-order chi connectivity index (χ1) is 13.9. The third kappa shape index (κ3) is 4.83. The summed E-state index contributed by atoms with van der Waals surface area (Å²) in [6, 6.07) is 8.01. The van der Waals surface area contributed by atoms with E-state index in [9.17, 15) is 18.4 Å². The highest BCUT2D eigenvalue weighted by Crippen LogP contribution is 2.29. The summed E-state index contributed by atoms with van der Waals surface area (Å²) >= 11 is 5.91. The zero-order valence-corrected chi connectivity index (χ0v) is 16.1.